The van der Waals surface area contributed by atoms with Crippen LogP contribution in [0, 0.1) is 17.0 Å². The Balaban J connectivity index is 3.08. The Labute approximate surface area is 95.9 Å². The zero-order chi connectivity index (χ0) is 13.2. The molecular formula is C9H11N3O5. The Morgan fingerprint density at radius 3 is 2.59 bits per heavy atom. The van der Waals surface area contributed by atoms with Gasteiger partial charge in [-0.3, -0.25) is 19.9 Å². The van der Waals surface area contributed by atoms with Crippen molar-refractivity contribution in [1.29, 1.82) is 0 Å². The quantitative estimate of drug-likeness (QED) is 0.464. The average molecular weight is 241 g/mol. The Hall–Kier alpha value is -2.06. The van der Waals surface area contributed by atoms with E-state index in [1.54, 1.807) is 0 Å². The maximum atomic E-state index is 10.7. The number of pyridine rings is 1. The van der Waals surface area contributed by atoms with Gasteiger partial charge in [-0.2, -0.15) is 0 Å². The molecule has 1 heterocycles. The van der Waals surface area contributed by atoms with Crippen LogP contribution in [-0.4, -0.2) is 32.1 Å². The molecule has 2 atom stereocenters. The molecule has 8 heteroatoms. The summed E-state index contributed by atoms with van der Waals surface area (Å²) < 4.78 is 0. The molecule has 0 fully saturated rings. The van der Waals surface area contributed by atoms with Crippen molar-refractivity contribution < 1.29 is 19.9 Å². The molecule has 1 rings (SSSR count). The maximum absolute atomic E-state index is 10.7. The smallest absolute Gasteiger partial charge is 0.287 e. The first-order chi connectivity index (χ1) is 7.84. The van der Waals surface area contributed by atoms with Gasteiger partial charge in [0.15, 0.2) is 6.10 Å². The summed E-state index contributed by atoms with van der Waals surface area (Å²) in [5.74, 6) is -1.10. The lowest BCUT2D eigenvalue weighted by atomic mass is 10.1. The predicted octanol–water partition coefficient (Wildman–Crippen LogP) is -0.822. The van der Waals surface area contributed by atoms with Crippen LogP contribution in [0.1, 0.15) is 17.4 Å². The van der Waals surface area contributed by atoms with Crippen LogP contribution in [0.3, 0.4) is 0 Å². The number of hydrogen-bond donors (Lipinski definition) is 3. The van der Waals surface area contributed by atoms with Crippen LogP contribution >= 0.6 is 0 Å². The van der Waals surface area contributed by atoms with Gasteiger partial charge in [0.25, 0.3) is 5.69 Å². The van der Waals surface area contributed by atoms with Crippen LogP contribution in [0.25, 0.3) is 0 Å². The summed E-state index contributed by atoms with van der Waals surface area (Å²) in [6.07, 6.45) is -2.48. The third kappa shape index (κ3) is 2.74. The van der Waals surface area contributed by atoms with Crippen LogP contribution in [0.15, 0.2) is 12.3 Å². The van der Waals surface area contributed by atoms with Crippen molar-refractivity contribution in [2.45, 2.75) is 19.1 Å². The summed E-state index contributed by atoms with van der Waals surface area (Å²) in [7, 11) is 0. The van der Waals surface area contributed by atoms with Gasteiger partial charge in [0.1, 0.15) is 12.3 Å². The van der Waals surface area contributed by atoms with Gasteiger partial charge in [0, 0.05) is 6.07 Å². The number of amides is 1. The summed E-state index contributed by atoms with van der Waals surface area (Å²) in [4.78, 5) is 24.1. The molecule has 0 spiro atoms. The number of aliphatic hydroxyl groups excluding tert-OH is 2. The van der Waals surface area contributed by atoms with E-state index in [0.29, 0.717) is 0 Å². The van der Waals surface area contributed by atoms with E-state index >= 15 is 0 Å². The number of nitrogens with zero attached hydrogens (tertiary/aromatic N) is 2. The molecule has 1 aromatic heterocycles. The van der Waals surface area contributed by atoms with Crippen molar-refractivity contribution in [2.75, 3.05) is 0 Å². The monoisotopic (exact) mass is 241 g/mol. The molecule has 0 aromatic carbocycles. The minimum Gasteiger partial charge on any atom is -0.383 e. The number of rotatable bonds is 4. The van der Waals surface area contributed by atoms with Gasteiger partial charge in [0.05, 0.1) is 10.6 Å². The van der Waals surface area contributed by atoms with Crippen molar-refractivity contribution in [3.8, 4) is 0 Å². The first-order valence-corrected chi connectivity index (χ1v) is 4.61. The second-order valence-electron chi connectivity index (χ2n) is 3.44. The summed E-state index contributed by atoms with van der Waals surface area (Å²) in [5, 5.41) is 29.3. The third-order valence-corrected chi connectivity index (χ3v) is 2.19. The van der Waals surface area contributed by atoms with Gasteiger partial charge >= 0.3 is 0 Å². The number of carbonyl (C=O) groups excluding carboxylic acids is 1. The minimum absolute atomic E-state index is 0.0260. The molecule has 92 valence electrons. The largest absolute Gasteiger partial charge is 0.383 e. The van der Waals surface area contributed by atoms with Gasteiger partial charge < -0.3 is 15.9 Å². The van der Waals surface area contributed by atoms with Crippen LogP contribution in [-0.2, 0) is 4.79 Å². The molecule has 1 aromatic rings. The molecule has 0 saturated heterocycles. The normalized spacial score (nSPS) is 14.1. The Bertz CT molecular complexity index is 462. The molecule has 4 N–H and O–H groups in total. The van der Waals surface area contributed by atoms with Crippen molar-refractivity contribution in [3.05, 3.63) is 33.6 Å². The minimum atomic E-state index is -1.80. The molecule has 2 unspecified atom stereocenters. The number of carbonyl (C=O) groups is 1. The van der Waals surface area contributed by atoms with Gasteiger partial charge in [-0.05, 0) is 12.5 Å². The van der Waals surface area contributed by atoms with Crippen LogP contribution in [0.2, 0.25) is 0 Å². The summed E-state index contributed by atoms with van der Waals surface area (Å²) in [6, 6.07) is 1.18. The second-order valence-corrected chi connectivity index (χ2v) is 3.44. The molecule has 8 nitrogen and oxygen atoms in total. The highest BCUT2D eigenvalue weighted by Crippen LogP contribution is 2.21. The first-order valence-electron chi connectivity index (χ1n) is 4.61. The van der Waals surface area contributed by atoms with Gasteiger partial charge in [-0.15, -0.1) is 0 Å². The Morgan fingerprint density at radius 1 is 1.59 bits per heavy atom. The van der Waals surface area contributed by atoms with E-state index < -0.39 is 23.0 Å². The molecule has 0 aliphatic carbocycles. The number of primary amides is 1. The standard InChI is InChI=1S/C9H11N3O5/c1-4-2-5(12(16)17)3-11-6(4)7(13)8(14)9(10)15/h2-3,7-8,13-14H,1H3,(H2,10,15). The zero-order valence-electron chi connectivity index (χ0n) is 8.90. The topological polar surface area (TPSA) is 140 Å². The highest BCUT2D eigenvalue weighted by Gasteiger charge is 2.26. The molecule has 17 heavy (non-hydrogen) atoms. The number of nitro groups is 1. The molecule has 1 amide bonds. The fourth-order valence-electron chi connectivity index (χ4n) is 1.29. The van der Waals surface area contributed by atoms with Crippen molar-refractivity contribution >= 4 is 11.6 Å². The van der Waals surface area contributed by atoms with Gasteiger partial charge in [-0.25, -0.2) is 0 Å². The lowest BCUT2D eigenvalue weighted by molar-refractivity contribution is -0.385. The summed E-state index contributed by atoms with van der Waals surface area (Å²) in [5.41, 5.74) is 4.83. The molecular weight excluding hydrogens is 230 g/mol. The summed E-state index contributed by atoms with van der Waals surface area (Å²) in [6.45, 7) is 1.46. The van der Waals surface area contributed by atoms with Crippen LogP contribution in [0.5, 0.6) is 0 Å². The van der Waals surface area contributed by atoms with E-state index in [2.05, 4.69) is 4.98 Å². The predicted molar refractivity (Wildman–Crippen MR) is 55.8 cm³/mol. The Morgan fingerprint density at radius 2 is 2.18 bits per heavy atom. The number of aliphatic hydroxyl groups is 2. The van der Waals surface area contributed by atoms with Gasteiger partial charge in [-0.1, -0.05) is 0 Å². The number of hydrogen-bond acceptors (Lipinski definition) is 6. The van der Waals surface area contributed by atoms with Crippen molar-refractivity contribution in [2.24, 2.45) is 5.73 Å². The highest BCUT2D eigenvalue weighted by atomic mass is 16.6. The van der Waals surface area contributed by atoms with Crippen LogP contribution < -0.4 is 5.73 Å². The fourth-order valence-corrected chi connectivity index (χ4v) is 1.29. The maximum Gasteiger partial charge on any atom is 0.287 e. The average Bonchev–Trinajstić information content (AvgIpc) is 2.26. The van der Waals surface area contributed by atoms with E-state index in [1.165, 1.54) is 13.0 Å². The molecule has 0 bridgehead atoms. The first kappa shape index (κ1) is 13.0. The lowest BCUT2D eigenvalue weighted by Gasteiger charge is -2.15. The fraction of sp³-hybridized carbons (Fsp3) is 0.333. The van der Waals surface area contributed by atoms with E-state index in [-0.39, 0.29) is 16.9 Å². The SMILES string of the molecule is Cc1cc([N+](=O)[O-])cnc1C(O)C(O)C(N)=O. The van der Waals surface area contributed by atoms with Gasteiger partial charge in [0.2, 0.25) is 5.91 Å². The van der Waals surface area contributed by atoms with E-state index in [0.717, 1.165) is 6.20 Å². The molecule has 0 saturated carbocycles. The number of nitrogens with two attached hydrogens (primary N) is 1. The van der Waals surface area contributed by atoms with Crippen molar-refractivity contribution in [1.82, 2.24) is 4.98 Å². The van der Waals surface area contributed by atoms with Crippen molar-refractivity contribution in [3.63, 3.8) is 0 Å². The van der Waals surface area contributed by atoms with Crippen LogP contribution in [0.4, 0.5) is 5.69 Å². The number of aryl methyl sites for hydroxylation is 1. The van der Waals surface area contributed by atoms with E-state index in [4.69, 9.17) is 5.73 Å². The molecule has 0 radical (unpaired) electrons. The number of aromatic nitrogens is 1. The zero-order valence-corrected chi connectivity index (χ0v) is 8.90. The Kier molecular flexibility index (Phi) is 3.71. The molecule has 0 aliphatic heterocycles. The molecule has 0 aliphatic rings. The summed E-state index contributed by atoms with van der Waals surface area (Å²) >= 11 is 0. The lowest BCUT2D eigenvalue weighted by Crippen LogP contribution is -2.34. The second kappa shape index (κ2) is 4.85. The highest BCUT2D eigenvalue weighted by molar-refractivity contribution is 5.79. The van der Waals surface area contributed by atoms with E-state index in [9.17, 15) is 25.1 Å². The van der Waals surface area contributed by atoms with E-state index in [1.807, 2.05) is 0 Å². The third-order valence-electron chi connectivity index (χ3n) is 2.19.